The number of anilines is 1. The van der Waals surface area contributed by atoms with Crippen LogP contribution >= 0.6 is 11.3 Å². The van der Waals surface area contributed by atoms with Crippen LogP contribution in [0.2, 0.25) is 0 Å². The van der Waals surface area contributed by atoms with Gasteiger partial charge in [-0.15, -0.1) is 11.3 Å². The zero-order chi connectivity index (χ0) is 16.8. The number of nitrogens with one attached hydrogen (secondary N) is 1. The Kier molecular flexibility index (Phi) is 3.21. The molecule has 122 valence electrons. The molecule has 2 aromatic carbocycles. The molecule has 1 unspecified atom stereocenters. The van der Waals surface area contributed by atoms with E-state index in [0.29, 0.717) is 0 Å². The normalized spacial score (nSPS) is 16.4. The molecule has 4 aromatic rings. The summed E-state index contributed by atoms with van der Waals surface area (Å²) in [4.78, 5) is 5.99. The summed E-state index contributed by atoms with van der Waals surface area (Å²) < 4.78 is 15.5. The fourth-order valence-corrected chi connectivity index (χ4v) is 4.06. The van der Waals surface area contributed by atoms with E-state index in [2.05, 4.69) is 39.5 Å². The van der Waals surface area contributed by atoms with E-state index in [9.17, 15) is 4.39 Å². The molecule has 1 N–H and O–H groups in total. The van der Waals surface area contributed by atoms with Crippen LogP contribution in [0.3, 0.4) is 0 Å². The van der Waals surface area contributed by atoms with Gasteiger partial charge in [-0.2, -0.15) is 0 Å². The Balaban J connectivity index is 1.71. The van der Waals surface area contributed by atoms with E-state index >= 15 is 0 Å². The monoisotopic (exact) mass is 347 g/mol. The molecular formula is C20H14FN3S. The van der Waals surface area contributed by atoms with Gasteiger partial charge in [0, 0.05) is 10.6 Å². The summed E-state index contributed by atoms with van der Waals surface area (Å²) in [5, 5.41) is 5.49. The lowest BCUT2D eigenvalue weighted by molar-refractivity contribution is 0.627. The van der Waals surface area contributed by atoms with E-state index in [1.165, 1.54) is 17.0 Å². The van der Waals surface area contributed by atoms with Crippen LogP contribution in [-0.2, 0) is 0 Å². The van der Waals surface area contributed by atoms with Crippen LogP contribution in [-0.4, -0.2) is 9.55 Å². The quantitative estimate of drug-likeness (QED) is 0.534. The molecule has 3 nitrogen and oxygen atoms in total. The molecule has 0 aliphatic carbocycles. The Morgan fingerprint density at radius 3 is 2.64 bits per heavy atom. The summed E-state index contributed by atoms with van der Waals surface area (Å²) in [6, 6.07) is 18.9. The van der Waals surface area contributed by atoms with Crippen LogP contribution in [0.4, 0.5) is 10.3 Å². The van der Waals surface area contributed by atoms with Crippen LogP contribution < -0.4 is 5.32 Å². The Morgan fingerprint density at radius 2 is 1.84 bits per heavy atom. The maximum atomic E-state index is 13.3. The molecule has 1 aliphatic rings. The molecule has 0 bridgehead atoms. The highest BCUT2D eigenvalue weighted by atomic mass is 32.1. The zero-order valence-corrected chi connectivity index (χ0v) is 14.0. The van der Waals surface area contributed by atoms with Crippen molar-refractivity contribution in [2.45, 2.75) is 6.04 Å². The molecule has 0 saturated heterocycles. The van der Waals surface area contributed by atoms with Gasteiger partial charge in [-0.1, -0.05) is 18.2 Å². The first-order valence-electron chi connectivity index (χ1n) is 8.05. The fraction of sp³-hybridized carbons (Fsp3) is 0.0500. The van der Waals surface area contributed by atoms with Crippen LogP contribution in [0.5, 0.6) is 0 Å². The summed E-state index contributed by atoms with van der Waals surface area (Å²) >= 11 is 1.72. The molecule has 5 rings (SSSR count). The van der Waals surface area contributed by atoms with E-state index in [1.807, 2.05) is 18.2 Å². The summed E-state index contributed by atoms with van der Waals surface area (Å²) in [5.41, 5.74) is 3.94. The first kappa shape index (κ1) is 14.4. The topological polar surface area (TPSA) is 29.9 Å². The summed E-state index contributed by atoms with van der Waals surface area (Å²) in [6.07, 6.45) is 2.18. The number of allylic oxidation sites excluding steroid dienone is 1. The molecule has 0 spiro atoms. The second-order valence-corrected chi connectivity index (χ2v) is 6.95. The van der Waals surface area contributed by atoms with Gasteiger partial charge in [0.1, 0.15) is 5.82 Å². The average molecular weight is 347 g/mol. The fourth-order valence-electron chi connectivity index (χ4n) is 3.28. The number of hydrogen-bond acceptors (Lipinski definition) is 3. The number of imidazole rings is 1. The number of aromatic nitrogens is 2. The van der Waals surface area contributed by atoms with Gasteiger partial charge in [0.25, 0.3) is 0 Å². The van der Waals surface area contributed by atoms with Crippen LogP contribution in [0.25, 0.3) is 16.7 Å². The summed E-state index contributed by atoms with van der Waals surface area (Å²) in [5.74, 6) is 0.573. The third-order valence-corrected chi connectivity index (χ3v) is 5.38. The van der Waals surface area contributed by atoms with Crippen molar-refractivity contribution in [3.8, 4) is 0 Å². The lowest BCUT2D eigenvalue weighted by Crippen LogP contribution is -2.18. The van der Waals surface area contributed by atoms with Gasteiger partial charge in [0.05, 0.1) is 17.1 Å². The minimum absolute atomic E-state index is 0.0590. The Bertz CT molecular complexity index is 1080. The standard InChI is InChI=1S/C20H14FN3S/c21-14-9-7-13(8-10-14)16-12-18(19-6-3-11-25-19)24-17-5-2-1-4-15(17)22-20(24)23-16/h1-12,18H,(H,22,23). The molecule has 3 heterocycles. The third-order valence-electron chi connectivity index (χ3n) is 4.43. The van der Waals surface area contributed by atoms with Crippen molar-refractivity contribution >= 4 is 34.0 Å². The van der Waals surface area contributed by atoms with Gasteiger partial charge < -0.3 is 5.32 Å². The van der Waals surface area contributed by atoms with Crippen LogP contribution in [0.15, 0.2) is 72.1 Å². The van der Waals surface area contributed by atoms with Crippen molar-refractivity contribution < 1.29 is 4.39 Å². The number of nitrogens with zero attached hydrogens (tertiary/aromatic N) is 2. The highest BCUT2D eigenvalue weighted by molar-refractivity contribution is 7.10. The molecular weight excluding hydrogens is 333 g/mol. The summed E-state index contributed by atoms with van der Waals surface area (Å²) in [7, 11) is 0. The van der Waals surface area contributed by atoms with Crippen molar-refractivity contribution in [1.82, 2.24) is 9.55 Å². The smallest absolute Gasteiger partial charge is 0.209 e. The number of halogens is 1. The van der Waals surface area contributed by atoms with E-state index in [0.717, 1.165) is 28.2 Å². The second kappa shape index (κ2) is 5.57. The van der Waals surface area contributed by atoms with Crippen molar-refractivity contribution in [3.05, 3.63) is 88.4 Å². The number of fused-ring (bicyclic) bond motifs is 3. The molecule has 0 amide bonds. The Labute approximate surface area is 148 Å². The number of rotatable bonds is 2. The number of thiophene rings is 1. The highest BCUT2D eigenvalue weighted by Gasteiger charge is 2.25. The molecule has 2 aromatic heterocycles. The van der Waals surface area contributed by atoms with Gasteiger partial charge in [-0.3, -0.25) is 4.57 Å². The predicted molar refractivity (Wildman–Crippen MR) is 100 cm³/mol. The lowest BCUT2D eigenvalue weighted by atomic mass is 10.1. The molecule has 5 heteroatoms. The van der Waals surface area contributed by atoms with Crippen molar-refractivity contribution in [1.29, 1.82) is 0 Å². The van der Waals surface area contributed by atoms with E-state index < -0.39 is 0 Å². The molecule has 1 aliphatic heterocycles. The van der Waals surface area contributed by atoms with E-state index in [-0.39, 0.29) is 11.9 Å². The number of para-hydroxylation sites is 2. The third kappa shape index (κ3) is 2.36. The van der Waals surface area contributed by atoms with Gasteiger partial charge in [-0.05, 0) is 59.5 Å². The second-order valence-electron chi connectivity index (χ2n) is 5.97. The molecule has 0 fully saturated rings. The molecule has 0 radical (unpaired) electrons. The summed E-state index contributed by atoms with van der Waals surface area (Å²) in [6.45, 7) is 0. The van der Waals surface area contributed by atoms with E-state index in [4.69, 9.17) is 4.98 Å². The Morgan fingerprint density at radius 1 is 1.00 bits per heavy atom. The molecule has 1 atom stereocenters. The predicted octanol–water partition coefficient (Wildman–Crippen LogP) is 5.29. The zero-order valence-electron chi connectivity index (χ0n) is 13.2. The van der Waals surface area contributed by atoms with E-state index in [1.54, 1.807) is 23.5 Å². The van der Waals surface area contributed by atoms with Crippen molar-refractivity contribution in [2.75, 3.05) is 5.32 Å². The Hall–Kier alpha value is -2.92. The largest absolute Gasteiger partial charge is 0.325 e. The minimum Gasteiger partial charge on any atom is -0.325 e. The van der Waals surface area contributed by atoms with Gasteiger partial charge in [0.15, 0.2) is 0 Å². The highest BCUT2D eigenvalue weighted by Crippen LogP contribution is 2.38. The van der Waals surface area contributed by atoms with Crippen molar-refractivity contribution in [2.24, 2.45) is 0 Å². The first-order valence-corrected chi connectivity index (χ1v) is 8.93. The maximum absolute atomic E-state index is 13.3. The average Bonchev–Trinajstić information content (AvgIpc) is 3.29. The molecule has 25 heavy (non-hydrogen) atoms. The van der Waals surface area contributed by atoms with Gasteiger partial charge in [-0.25, -0.2) is 9.37 Å². The van der Waals surface area contributed by atoms with Crippen LogP contribution in [0.1, 0.15) is 16.5 Å². The number of benzene rings is 2. The maximum Gasteiger partial charge on any atom is 0.209 e. The van der Waals surface area contributed by atoms with Crippen molar-refractivity contribution in [3.63, 3.8) is 0 Å². The number of hydrogen-bond donors (Lipinski definition) is 1. The minimum atomic E-state index is -0.234. The first-order chi connectivity index (χ1) is 12.3. The lowest BCUT2D eigenvalue weighted by Gasteiger charge is -2.25. The molecule has 0 saturated carbocycles. The van der Waals surface area contributed by atoms with Crippen LogP contribution in [0, 0.1) is 5.82 Å². The SMILES string of the molecule is Fc1ccc(C2=CC(c3cccs3)n3c(nc4ccccc43)N2)cc1. The van der Waals surface area contributed by atoms with Gasteiger partial charge >= 0.3 is 0 Å². The van der Waals surface area contributed by atoms with Gasteiger partial charge in [0.2, 0.25) is 5.95 Å².